The molecule has 28 heavy (non-hydrogen) atoms. The molecule has 0 saturated carbocycles. The number of hydrogen-bond acceptors (Lipinski definition) is 6. The van der Waals surface area contributed by atoms with Gasteiger partial charge in [0, 0.05) is 44.7 Å². The molecular weight excluding hydrogens is 358 g/mol. The van der Waals surface area contributed by atoms with E-state index in [0.29, 0.717) is 12.2 Å². The number of fused-ring (bicyclic) bond motifs is 1. The normalized spacial score (nSPS) is 10.5. The van der Waals surface area contributed by atoms with E-state index in [9.17, 15) is 14.9 Å². The summed E-state index contributed by atoms with van der Waals surface area (Å²) in [5.41, 5.74) is 2.27. The Morgan fingerprint density at radius 1 is 1.18 bits per heavy atom. The number of anilines is 2. The van der Waals surface area contributed by atoms with Gasteiger partial charge in [0.15, 0.2) is 0 Å². The minimum atomic E-state index is -0.495. The highest BCUT2D eigenvalue weighted by atomic mass is 16.6. The third-order valence-electron chi connectivity index (χ3n) is 4.40. The summed E-state index contributed by atoms with van der Waals surface area (Å²) in [6.45, 7) is 0.379. The van der Waals surface area contributed by atoms with Crippen molar-refractivity contribution in [1.82, 2.24) is 10.3 Å². The van der Waals surface area contributed by atoms with E-state index in [0.717, 1.165) is 22.3 Å². The van der Waals surface area contributed by atoms with Gasteiger partial charge in [-0.25, -0.2) is 4.98 Å². The molecule has 0 aliphatic carbocycles. The van der Waals surface area contributed by atoms with Crippen LogP contribution in [0.25, 0.3) is 10.9 Å². The molecule has 8 nitrogen and oxygen atoms in total. The number of amides is 1. The number of carbonyl (C=O) groups is 1. The minimum absolute atomic E-state index is 0.146. The number of nitrogens with zero attached hydrogens (tertiary/aromatic N) is 3. The molecular formula is C20H21N5O3. The average molecular weight is 379 g/mol. The van der Waals surface area contributed by atoms with Gasteiger partial charge in [0.05, 0.1) is 10.4 Å². The highest BCUT2D eigenvalue weighted by Crippen LogP contribution is 2.28. The van der Waals surface area contributed by atoms with Crippen molar-refractivity contribution in [2.75, 3.05) is 31.4 Å². The molecule has 0 radical (unpaired) electrons. The highest BCUT2D eigenvalue weighted by molar-refractivity contribution is 5.95. The van der Waals surface area contributed by atoms with Gasteiger partial charge in [0.1, 0.15) is 11.5 Å². The van der Waals surface area contributed by atoms with Gasteiger partial charge in [-0.3, -0.25) is 14.9 Å². The maximum atomic E-state index is 11.8. The molecule has 0 atom stereocenters. The van der Waals surface area contributed by atoms with Gasteiger partial charge < -0.3 is 15.5 Å². The van der Waals surface area contributed by atoms with Crippen LogP contribution in [0.3, 0.4) is 0 Å². The topological polar surface area (TPSA) is 100 Å². The largest absolute Gasteiger partial charge is 0.375 e. The molecule has 3 rings (SSSR count). The van der Waals surface area contributed by atoms with Crippen molar-refractivity contribution in [1.29, 1.82) is 0 Å². The summed E-state index contributed by atoms with van der Waals surface area (Å²) in [5.74, 6) is 0.436. The molecule has 144 valence electrons. The summed E-state index contributed by atoms with van der Waals surface area (Å²) in [4.78, 5) is 29.3. The number of aromatic nitrogens is 1. The molecule has 2 aromatic carbocycles. The Hall–Kier alpha value is -3.68. The van der Waals surface area contributed by atoms with Gasteiger partial charge in [-0.15, -0.1) is 0 Å². The van der Waals surface area contributed by atoms with E-state index >= 15 is 0 Å². The summed E-state index contributed by atoms with van der Waals surface area (Å²) in [5, 5.41) is 18.0. The lowest BCUT2D eigenvalue weighted by Gasteiger charge is -2.16. The number of nitro benzene ring substituents is 1. The van der Waals surface area contributed by atoms with Crippen LogP contribution in [0.4, 0.5) is 17.2 Å². The van der Waals surface area contributed by atoms with E-state index in [2.05, 4.69) is 15.6 Å². The van der Waals surface area contributed by atoms with Crippen molar-refractivity contribution in [3.05, 3.63) is 69.8 Å². The first-order valence-electron chi connectivity index (χ1n) is 8.71. The molecule has 0 fully saturated rings. The summed E-state index contributed by atoms with van der Waals surface area (Å²) < 4.78 is 0. The second-order valence-electron chi connectivity index (χ2n) is 6.47. The van der Waals surface area contributed by atoms with Gasteiger partial charge in [-0.2, -0.15) is 0 Å². The monoisotopic (exact) mass is 379 g/mol. The molecule has 0 unspecified atom stereocenters. The molecule has 2 N–H and O–H groups in total. The molecule has 0 bridgehead atoms. The number of carbonyl (C=O) groups excluding carboxylic acids is 1. The third-order valence-corrected chi connectivity index (χ3v) is 4.40. The van der Waals surface area contributed by atoms with Crippen LogP contribution in [0, 0.1) is 10.1 Å². The fourth-order valence-electron chi connectivity index (χ4n) is 2.92. The second kappa shape index (κ2) is 7.91. The predicted octanol–water partition coefficient (Wildman–Crippen LogP) is 3.18. The Kier molecular flexibility index (Phi) is 5.39. The van der Waals surface area contributed by atoms with Crippen molar-refractivity contribution in [3.8, 4) is 0 Å². The standard InChI is InChI=1S/C20H21N5O3/c1-21-20(26)13-8-9-17(18(10-13)25(27)28)22-12-14-11-19(24(2)3)23-16-7-5-4-6-15(14)16/h4-11,22H,12H2,1-3H3,(H,21,26). The van der Waals surface area contributed by atoms with E-state index in [1.807, 2.05) is 49.3 Å². The number of rotatable bonds is 6. The molecule has 1 amide bonds. The highest BCUT2D eigenvalue weighted by Gasteiger charge is 2.17. The van der Waals surface area contributed by atoms with E-state index < -0.39 is 4.92 Å². The molecule has 1 heterocycles. The van der Waals surface area contributed by atoms with Gasteiger partial charge in [-0.05, 0) is 29.8 Å². The first-order valence-corrected chi connectivity index (χ1v) is 8.71. The number of nitro groups is 1. The minimum Gasteiger partial charge on any atom is -0.375 e. The zero-order valence-corrected chi connectivity index (χ0v) is 15.9. The molecule has 8 heteroatoms. The first-order chi connectivity index (χ1) is 13.4. The van der Waals surface area contributed by atoms with Crippen LogP contribution < -0.4 is 15.5 Å². The molecule has 0 spiro atoms. The number of para-hydroxylation sites is 1. The Morgan fingerprint density at radius 3 is 2.61 bits per heavy atom. The van der Waals surface area contributed by atoms with Crippen molar-refractivity contribution < 1.29 is 9.72 Å². The average Bonchev–Trinajstić information content (AvgIpc) is 2.70. The molecule has 0 aliphatic heterocycles. The molecule has 1 aromatic heterocycles. The Labute approximate surface area is 162 Å². The maximum Gasteiger partial charge on any atom is 0.293 e. The van der Waals surface area contributed by atoms with Crippen molar-refractivity contribution in [2.45, 2.75) is 6.54 Å². The third kappa shape index (κ3) is 3.85. The maximum absolute atomic E-state index is 11.8. The fourth-order valence-corrected chi connectivity index (χ4v) is 2.92. The van der Waals surface area contributed by atoms with Crippen LogP contribution in [-0.2, 0) is 6.54 Å². The first kappa shape index (κ1) is 19.1. The molecule has 3 aromatic rings. The van der Waals surface area contributed by atoms with E-state index in [1.165, 1.54) is 13.1 Å². The van der Waals surface area contributed by atoms with Crippen LogP contribution in [0.5, 0.6) is 0 Å². The van der Waals surface area contributed by atoms with Gasteiger partial charge in [0.2, 0.25) is 0 Å². The van der Waals surface area contributed by atoms with Crippen molar-refractivity contribution >= 4 is 34.0 Å². The molecule has 0 aliphatic rings. The lowest BCUT2D eigenvalue weighted by molar-refractivity contribution is -0.384. The van der Waals surface area contributed by atoms with E-state index in [-0.39, 0.29) is 17.2 Å². The quantitative estimate of drug-likeness (QED) is 0.504. The predicted molar refractivity (Wildman–Crippen MR) is 110 cm³/mol. The number of nitrogens with one attached hydrogen (secondary N) is 2. The van der Waals surface area contributed by atoms with Crippen LogP contribution in [0.2, 0.25) is 0 Å². The fraction of sp³-hybridized carbons (Fsp3) is 0.200. The Balaban J connectivity index is 1.96. The van der Waals surface area contributed by atoms with Gasteiger partial charge >= 0.3 is 0 Å². The second-order valence-corrected chi connectivity index (χ2v) is 6.47. The van der Waals surface area contributed by atoms with Crippen LogP contribution in [-0.4, -0.2) is 37.0 Å². The molecule has 0 saturated heterocycles. The Bertz CT molecular complexity index is 1050. The number of pyridine rings is 1. The summed E-state index contributed by atoms with van der Waals surface area (Å²) in [6, 6.07) is 14.1. The number of benzene rings is 2. The summed E-state index contributed by atoms with van der Waals surface area (Å²) in [7, 11) is 5.31. The zero-order valence-electron chi connectivity index (χ0n) is 15.9. The van der Waals surface area contributed by atoms with Gasteiger partial charge in [-0.1, -0.05) is 18.2 Å². The number of hydrogen-bond donors (Lipinski definition) is 2. The smallest absolute Gasteiger partial charge is 0.293 e. The zero-order chi connectivity index (χ0) is 20.3. The van der Waals surface area contributed by atoms with Crippen LogP contribution in [0.15, 0.2) is 48.5 Å². The lowest BCUT2D eigenvalue weighted by atomic mass is 10.1. The van der Waals surface area contributed by atoms with E-state index in [4.69, 9.17) is 0 Å². The summed E-state index contributed by atoms with van der Waals surface area (Å²) in [6.07, 6.45) is 0. The van der Waals surface area contributed by atoms with E-state index in [1.54, 1.807) is 12.1 Å². The van der Waals surface area contributed by atoms with Crippen LogP contribution >= 0.6 is 0 Å². The SMILES string of the molecule is CNC(=O)c1ccc(NCc2cc(N(C)C)nc3ccccc23)c([N+](=O)[O-])c1. The lowest BCUT2D eigenvalue weighted by Crippen LogP contribution is -2.18. The van der Waals surface area contributed by atoms with Crippen molar-refractivity contribution in [3.63, 3.8) is 0 Å². The van der Waals surface area contributed by atoms with Gasteiger partial charge in [0.25, 0.3) is 11.6 Å². The van der Waals surface area contributed by atoms with Crippen LogP contribution in [0.1, 0.15) is 15.9 Å². The summed E-state index contributed by atoms with van der Waals surface area (Å²) >= 11 is 0. The van der Waals surface area contributed by atoms with Crippen molar-refractivity contribution in [2.24, 2.45) is 0 Å². The Morgan fingerprint density at radius 2 is 1.93 bits per heavy atom.